The van der Waals surface area contributed by atoms with Crippen LogP contribution >= 0.6 is 0 Å². The van der Waals surface area contributed by atoms with Crippen molar-refractivity contribution in [2.75, 3.05) is 0 Å². The van der Waals surface area contributed by atoms with Crippen molar-refractivity contribution < 1.29 is 32.6 Å². The molecule has 8 heteroatoms. The van der Waals surface area contributed by atoms with Gasteiger partial charge in [0, 0.05) is 0 Å². The Kier molecular flexibility index (Phi) is 5.12. The van der Waals surface area contributed by atoms with Crippen LogP contribution in [0.4, 0.5) is 13.2 Å². The predicted octanol–water partition coefficient (Wildman–Crippen LogP) is 2.50. The molecule has 0 saturated heterocycles. The molecule has 0 spiro atoms. The third-order valence-corrected chi connectivity index (χ3v) is 3.40. The van der Waals surface area contributed by atoms with Crippen molar-refractivity contribution in [2.45, 2.75) is 38.1 Å². The zero-order valence-electron chi connectivity index (χ0n) is 12.1. The van der Waals surface area contributed by atoms with Crippen LogP contribution in [0.5, 0.6) is 5.75 Å². The minimum absolute atomic E-state index is 0.219. The van der Waals surface area contributed by atoms with E-state index in [0.717, 1.165) is 25.0 Å². The average Bonchev–Trinajstić information content (AvgIpc) is 3.20. The molecule has 0 heterocycles. The number of nitrogens with one attached hydrogen (secondary N) is 1. The first kappa shape index (κ1) is 17.1. The fourth-order valence-corrected chi connectivity index (χ4v) is 2.19. The van der Waals surface area contributed by atoms with Crippen molar-refractivity contribution in [3.8, 4) is 5.75 Å². The minimum Gasteiger partial charge on any atom is -0.480 e. The number of aliphatic carboxylic acids is 1. The van der Waals surface area contributed by atoms with Crippen molar-refractivity contribution in [3.63, 3.8) is 0 Å². The van der Waals surface area contributed by atoms with Crippen molar-refractivity contribution in [1.82, 2.24) is 5.32 Å². The van der Waals surface area contributed by atoms with Crippen molar-refractivity contribution in [1.29, 1.82) is 0 Å². The topological polar surface area (TPSA) is 75.6 Å². The Labute approximate surface area is 130 Å². The number of carbonyl (C=O) groups excluding carboxylic acids is 1. The molecular formula is C15H16F3NO4. The maximum atomic E-state index is 12.2. The molecule has 5 nitrogen and oxygen atoms in total. The Balaban J connectivity index is 1.93. The summed E-state index contributed by atoms with van der Waals surface area (Å²) in [7, 11) is 0. The number of carbonyl (C=O) groups is 2. The molecule has 0 aliphatic heterocycles. The Hall–Kier alpha value is -2.25. The SMILES string of the molecule is O=C(Cc1cccc(OC(F)(F)F)c1)NC(CC1CC1)C(=O)O. The van der Waals surface area contributed by atoms with E-state index in [1.165, 1.54) is 12.1 Å². The molecule has 1 aliphatic carbocycles. The molecule has 0 bridgehead atoms. The number of ether oxygens (including phenoxy) is 1. The molecule has 23 heavy (non-hydrogen) atoms. The summed E-state index contributed by atoms with van der Waals surface area (Å²) in [4.78, 5) is 23.0. The van der Waals surface area contributed by atoms with Crippen LogP contribution in [0.25, 0.3) is 0 Å². The molecule has 0 radical (unpaired) electrons. The Bertz CT molecular complexity index is 584. The number of hydrogen-bond donors (Lipinski definition) is 2. The van der Waals surface area contributed by atoms with Gasteiger partial charge in [0.05, 0.1) is 6.42 Å². The van der Waals surface area contributed by atoms with Crippen LogP contribution in [0.2, 0.25) is 0 Å². The first-order valence-electron chi connectivity index (χ1n) is 7.10. The Morgan fingerprint density at radius 3 is 2.61 bits per heavy atom. The molecule has 1 aliphatic rings. The van der Waals surface area contributed by atoms with Crippen LogP contribution in [0, 0.1) is 5.92 Å². The van der Waals surface area contributed by atoms with Gasteiger partial charge in [0.1, 0.15) is 11.8 Å². The van der Waals surface area contributed by atoms with Crippen LogP contribution in [0.3, 0.4) is 0 Å². The van der Waals surface area contributed by atoms with Gasteiger partial charge in [0.15, 0.2) is 0 Å². The summed E-state index contributed by atoms with van der Waals surface area (Å²) in [5, 5.41) is 11.5. The molecule has 1 saturated carbocycles. The summed E-state index contributed by atoms with van der Waals surface area (Å²) < 4.78 is 40.2. The fraction of sp³-hybridized carbons (Fsp3) is 0.467. The van der Waals surface area contributed by atoms with Crippen molar-refractivity contribution >= 4 is 11.9 Å². The molecule has 126 valence electrons. The maximum Gasteiger partial charge on any atom is 0.573 e. The number of amides is 1. The van der Waals surface area contributed by atoms with Crippen molar-refractivity contribution in [3.05, 3.63) is 29.8 Å². The lowest BCUT2D eigenvalue weighted by molar-refractivity contribution is -0.274. The van der Waals surface area contributed by atoms with Crippen LogP contribution in [0.15, 0.2) is 24.3 Å². The standard InChI is InChI=1S/C15H16F3NO4/c16-15(17,18)23-11-3-1-2-10(6-11)8-13(20)19-12(14(21)22)7-9-4-5-9/h1-3,6,9,12H,4-5,7-8H2,(H,19,20)(H,21,22). The summed E-state index contributed by atoms with van der Waals surface area (Å²) in [6.45, 7) is 0. The highest BCUT2D eigenvalue weighted by Crippen LogP contribution is 2.33. The Morgan fingerprint density at radius 2 is 2.04 bits per heavy atom. The molecule has 1 atom stereocenters. The summed E-state index contributed by atoms with van der Waals surface area (Å²) in [5.74, 6) is -1.77. The average molecular weight is 331 g/mol. The minimum atomic E-state index is -4.81. The van der Waals surface area contributed by atoms with E-state index in [2.05, 4.69) is 10.1 Å². The van der Waals surface area contributed by atoms with E-state index in [4.69, 9.17) is 5.11 Å². The highest BCUT2D eigenvalue weighted by atomic mass is 19.4. The number of rotatable bonds is 7. The predicted molar refractivity (Wildman–Crippen MR) is 73.7 cm³/mol. The van der Waals surface area contributed by atoms with Gasteiger partial charge in [-0.15, -0.1) is 13.2 Å². The van der Waals surface area contributed by atoms with Crippen LogP contribution < -0.4 is 10.1 Å². The van der Waals surface area contributed by atoms with Crippen molar-refractivity contribution in [2.24, 2.45) is 5.92 Å². The second-order valence-corrected chi connectivity index (χ2v) is 5.51. The highest BCUT2D eigenvalue weighted by Gasteiger charge is 2.31. The van der Waals surface area contributed by atoms with Gasteiger partial charge in [-0.3, -0.25) is 4.79 Å². The number of alkyl halides is 3. The van der Waals surface area contributed by atoms with Gasteiger partial charge < -0.3 is 15.2 Å². The number of halogens is 3. The van der Waals surface area contributed by atoms with E-state index in [1.54, 1.807) is 0 Å². The molecule has 1 amide bonds. The molecule has 1 unspecified atom stereocenters. The van der Waals surface area contributed by atoms with Crippen LogP contribution in [0.1, 0.15) is 24.8 Å². The number of benzene rings is 1. The van der Waals surface area contributed by atoms with E-state index in [-0.39, 0.29) is 6.42 Å². The summed E-state index contributed by atoms with van der Waals surface area (Å²) in [6, 6.07) is 4.07. The van der Waals surface area contributed by atoms with Gasteiger partial charge >= 0.3 is 12.3 Å². The van der Waals surface area contributed by atoms with Gasteiger partial charge in [-0.05, 0) is 30.0 Å². The monoisotopic (exact) mass is 331 g/mol. The zero-order chi connectivity index (χ0) is 17.0. The van der Waals surface area contributed by atoms with Gasteiger partial charge in [-0.1, -0.05) is 25.0 Å². The largest absolute Gasteiger partial charge is 0.573 e. The zero-order valence-corrected chi connectivity index (χ0v) is 12.1. The van der Waals surface area contributed by atoms with E-state index in [1.807, 2.05) is 0 Å². The van der Waals surface area contributed by atoms with Crippen LogP contribution in [-0.4, -0.2) is 29.4 Å². The second kappa shape index (κ2) is 6.89. The summed E-state index contributed by atoms with van der Waals surface area (Å²) in [5.41, 5.74) is 0.305. The molecule has 1 fully saturated rings. The molecule has 2 N–H and O–H groups in total. The molecule has 0 aromatic heterocycles. The number of carboxylic acids is 1. The Morgan fingerprint density at radius 1 is 1.35 bits per heavy atom. The summed E-state index contributed by atoms with van der Waals surface area (Å²) >= 11 is 0. The normalized spacial score (nSPS) is 15.8. The maximum absolute atomic E-state index is 12.2. The molecule has 2 rings (SSSR count). The third-order valence-electron chi connectivity index (χ3n) is 3.40. The fourth-order valence-electron chi connectivity index (χ4n) is 2.19. The lowest BCUT2D eigenvalue weighted by Gasteiger charge is -2.14. The van der Waals surface area contributed by atoms with E-state index in [9.17, 15) is 22.8 Å². The third kappa shape index (κ3) is 6.17. The van der Waals surface area contributed by atoms with Gasteiger partial charge in [0.25, 0.3) is 0 Å². The van der Waals surface area contributed by atoms with E-state index < -0.39 is 30.0 Å². The number of hydrogen-bond acceptors (Lipinski definition) is 3. The first-order valence-corrected chi connectivity index (χ1v) is 7.10. The van der Waals surface area contributed by atoms with Gasteiger partial charge in [0.2, 0.25) is 5.91 Å². The first-order chi connectivity index (χ1) is 10.7. The van der Waals surface area contributed by atoms with Crippen LogP contribution in [-0.2, 0) is 16.0 Å². The molecule has 1 aromatic carbocycles. The van der Waals surface area contributed by atoms with Gasteiger partial charge in [-0.25, -0.2) is 4.79 Å². The lowest BCUT2D eigenvalue weighted by atomic mass is 10.1. The van der Waals surface area contributed by atoms with E-state index >= 15 is 0 Å². The molecule has 1 aromatic rings. The van der Waals surface area contributed by atoms with Gasteiger partial charge in [-0.2, -0.15) is 0 Å². The quantitative estimate of drug-likeness (QED) is 0.805. The van der Waals surface area contributed by atoms with E-state index in [0.29, 0.717) is 17.9 Å². The second-order valence-electron chi connectivity index (χ2n) is 5.51. The molecular weight excluding hydrogens is 315 g/mol. The lowest BCUT2D eigenvalue weighted by Crippen LogP contribution is -2.41. The highest BCUT2D eigenvalue weighted by molar-refractivity contribution is 5.84. The number of carboxylic acid groups (broad SMARTS) is 1. The smallest absolute Gasteiger partial charge is 0.480 e. The summed E-state index contributed by atoms with van der Waals surface area (Å²) in [6.07, 6.45) is -2.74.